The molecule has 3 nitrogen and oxygen atoms in total. The highest BCUT2D eigenvalue weighted by Crippen LogP contribution is 2.24. The number of hydrogen-bond acceptors (Lipinski definition) is 2. The van der Waals surface area contributed by atoms with E-state index in [2.05, 4.69) is 5.32 Å². The Hall–Kier alpha value is -0.570. The Balaban J connectivity index is 2.40. The lowest BCUT2D eigenvalue weighted by atomic mass is 9.88. The lowest BCUT2D eigenvalue weighted by Crippen LogP contribution is -2.49. The van der Waals surface area contributed by atoms with Gasteiger partial charge in [-0.3, -0.25) is 4.79 Å². The molecule has 1 fully saturated rings. The van der Waals surface area contributed by atoms with Gasteiger partial charge in [-0.05, 0) is 33.6 Å². The van der Waals surface area contributed by atoms with Crippen LogP contribution in [0.5, 0.6) is 0 Å². The zero-order valence-electron chi connectivity index (χ0n) is 10.0. The van der Waals surface area contributed by atoms with Gasteiger partial charge in [0.2, 0.25) is 5.91 Å². The fourth-order valence-corrected chi connectivity index (χ4v) is 1.87. The molecule has 0 aromatic rings. The fourth-order valence-electron chi connectivity index (χ4n) is 1.87. The summed E-state index contributed by atoms with van der Waals surface area (Å²) in [7, 11) is 0. The van der Waals surface area contributed by atoms with Crippen LogP contribution in [0.15, 0.2) is 0 Å². The van der Waals surface area contributed by atoms with Gasteiger partial charge in [-0.25, -0.2) is 0 Å². The van der Waals surface area contributed by atoms with Gasteiger partial charge in [0.25, 0.3) is 0 Å². The van der Waals surface area contributed by atoms with Crippen molar-refractivity contribution in [3.8, 4) is 0 Å². The molecule has 1 aliphatic rings. The van der Waals surface area contributed by atoms with E-state index in [1.807, 2.05) is 6.92 Å². The van der Waals surface area contributed by atoms with Gasteiger partial charge in [-0.1, -0.05) is 19.3 Å². The maximum absolute atomic E-state index is 11.8. The lowest BCUT2D eigenvalue weighted by molar-refractivity contribution is -0.128. The van der Waals surface area contributed by atoms with Gasteiger partial charge in [0.05, 0.1) is 11.6 Å². The summed E-state index contributed by atoms with van der Waals surface area (Å²) in [6.45, 7) is 5.29. The van der Waals surface area contributed by atoms with Crippen LogP contribution < -0.4 is 5.32 Å². The topological polar surface area (TPSA) is 49.3 Å². The average molecular weight is 213 g/mol. The second-order valence-corrected chi connectivity index (χ2v) is 5.22. The minimum atomic E-state index is -0.843. The maximum atomic E-state index is 11.8. The second kappa shape index (κ2) is 4.97. The molecule has 88 valence electrons. The average Bonchev–Trinajstić information content (AvgIpc) is 2.17. The van der Waals surface area contributed by atoms with Crippen molar-refractivity contribution < 1.29 is 9.90 Å². The molecule has 1 atom stereocenters. The highest BCUT2D eigenvalue weighted by atomic mass is 16.3. The normalized spacial score (nSPS) is 21.1. The van der Waals surface area contributed by atoms with Crippen LogP contribution in [0.3, 0.4) is 0 Å². The third-order valence-corrected chi connectivity index (χ3v) is 3.39. The van der Waals surface area contributed by atoms with E-state index < -0.39 is 5.60 Å². The summed E-state index contributed by atoms with van der Waals surface area (Å²) < 4.78 is 0. The number of aliphatic hydroxyl groups is 1. The van der Waals surface area contributed by atoms with E-state index in [-0.39, 0.29) is 17.9 Å². The molecular formula is C12H23NO2. The highest BCUT2D eigenvalue weighted by molar-refractivity contribution is 5.79. The van der Waals surface area contributed by atoms with Crippen LogP contribution in [0.25, 0.3) is 0 Å². The van der Waals surface area contributed by atoms with Crippen LogP contribution in [0.2, 0.25) is 0 Å². The number of amides is 1. The van der Waals surface area contributed by atoms with Crippen molar-refractivity contribution in [3.63, 3.8) is 0 Å². The Morgan fingerprint density at radius 2 is 1.87 bits per heavy atom. The van der Waals surface area contributed by atoms with Crippen molar-refractivity contribution in [2.75, 3.05) is 0 Å². The van der Waals surface area contributed by atoms with E-state index in [4.69, 9.17) is 0 Å². The van der Waals surface area contributed by atoms with Gasteiger partial charge < -0.3 is 10.4 Å². The predicted molar refractivity (Wildman–Crippen MR) is 60.5 cm³/mol. The summed E-state index contributed by atoms with van der Waals surface area (Å²) in [6.07, 6.45) is 5.59. The Bertz CT molecular complexity index is 214. The molecule has 1 saturated carbocycles. The number of carbonyl (C=O) groups excluding carboxylic acids is 1. The van der Waals surface area contributed by atoms with E-state index in [0.29, 0.717) is 0 Å². The van der Waals surface area contributed by atoms with Crippen LogP contribution in [-0.2, 0) is 4.79 Å². The summed E-state index contributed by atoms with van der Waals surface area (Å²) >= 11 is 0. The van der Waals surface area contributed by atoms with Crippen LogP contribution in [0.1, 0.15) is 52.9 Å². The summed E-state index contributed by atoms with van der Waals surface area (Å²) in [5, 5.41) is 12.6. The molecule has 2 N–H and O–H groups in total. The molecule has 0 saturated heterocycles. The molecule has 3 heteroatoms. The molecule has 1 aliphatic carbocycles. The molecule has 15 heavy (non-hydrogen) atoms. The second-order valence-electron chi connectivity index (χ2n) is 5.22. The molecule has 0 aromatic carbocycles. The van der Waals surface area contributed by atoms with Crippen molar-refractivity contribution >= 4 is 5.91 Å². The van der Waals surface area contributed by atoms with E-state index in [1.54, 1.807) is 13.8 Å². The minimum Gasteiger partial charge on any atom is -0.388 e. The van der Waals surface area contributed by atoms with Gasteiger partial charge in [-0.15, -0.1) is 0 Å². The number of carbonyl (C=O) groups is 1. The summed E-state index contributed by atoms with van der Waals surface area (Å²) in [5.41, 5.74) is -0.843. The SMILES string of the molecule is CC(NC(=O)C1CCCCC1)C(C)(C)O. The first-order valence-electron chi connectivity index (χ1n) is 5.94. The van der Waals surface area contributed by atoms with Crippen molar-refractivity contribution in [2.45, 2.75) is 64.5 Å². The van der Waals surface area contributed by atoms with Crippen LogP contribution in [0, 0.1) is 5.92 Å². The van der Waals surface area contributed by atoms with Gasteiger partial charge in [0, 0.05) is 5.92 Å². The fraction of sp³-hybridized carbons (Fsp3) is 0.917. The number of nitrogens with one attached hydrogen (secondary N) is 1. The maximum Gasteiger partial charge on any atom is 0.223 e. The van der Waals surface area contributed by atoms with E-state index >= 15 is 0 Å². The van der Waals surface area contributed by atoms with Gasteiger partial charge in [0.15, 0.2) is 0 Å². The number of hydrogen-bond donors (Lipinski definition) is 2. The van der Waals surface area contributed by atoms with Gasteiger partial charge in [0.1, 0.15) is 0 Å². The van der Waals surface area contributed by atoms with E-state index in [9.17, 15) is 9.90 Å². The largest absolute Gasteiger partial charge is 0.388 e. The smallest absolute Gasteiger partial charge is 0.223 e. The van der Waals surface area contributed by atoms with Gasteiger partial charge in [-0.2, -0.15) is 0 Å². The first-order chi connectivity index (χ1) is 6.91. The molecular weight excluding hydrogens is 190 g/mol. The Morgan fingerprint density at radius 3 is 2.33 bits per heavy atom. The quantitative estimate of drug-likeness (QED) is 0.751. The Labute approximate surface area is 92.3 Å². The molecule has 0 radical (unpaired) electrons. The minimum absolute atomic E-state index is 0.115. The molecule has 0 bridgehead atoms. The third-order valence-electron chi connectivity index (χ3n) is 3.39. The van der Waals surface area contributed by atoms with Gasteiger partial charge >= 0.3 is 0 Å². The van der Waals surface area contributed by atoms with Crippen LogP contribution in [-0.4, -0.2) is 22.7 Å². The third kappa shape index (κ3) is 3.82. The lowest BCUT2D eigenvalue weighted by Gasteiger charge is -2.29. The number of rotatable bonds is 3. The molecule has 0 spiro atoms. The molecule has 1 unspecified atom stereocenters. The molecule has 0 aromatic heterocycles. The Morgan fingerprint density at radius 1 is 1.33 bits per heavy atom. The monoisotopic (exact) mass is 213 g/mol. The van der Waals surface area contributed by atoms with Crippen molar-refractivity contribution in [2.24, 2.45) is 5.92 Å². The van der Waals surface area contributed by atoms with Crippen LogP contribution >= 0.6 is 0 Å². The van der Waals surface area contributed by atoms with E-state index in [1.165, 1.54) is 6.42 Å². The van der Waals surface area contributed by atoms with Crippen molar-refractivity contribution in [1.29, 1.82) is 0 Å². The van der Waals surface area contributed by atoms with Crippen molar-refractivity contribution in [1.82, 2.24) is 5.32 Å². The standard InChI is InChI=1S/C12H23NO2/c1-9(12(2,3)15)13-11(14)10-7-5-4-6-8-10/h9-10,15H,4-8H2,1-3H3,(H,13,14). The molecule has 0 heterocycles. The molecule has 1 amide bonds. The first kappa shape index (κ1) is 12.5. The first-order valence-corrected chi connectivity index (χ1v) is 5.94. The molecule has 0 aliphatic heterocycles. The zero-order valence-corrected chi connectivity index (χ0v) is 10.0. The molecule has 1 rings (SSSR count). The van der Waals surface area contributed by atoms with Crippen molar-refractivity contribution in [3.05, 3.63) is 0 Å². The Kier molecular flexibility index (Phi) is 4.14. The summed E-state index contributed by atoms with van der Waals surface area (Å²) in [4.78, 5) is 11.8. The van der Waals surface area contributed by atoms with E-state index in [0.717, 1.165) is 25.7 Å². The van der Waals surface area contributed by atoms with Crippen LogP contribution in [0.4, 0.5) is 0 Å². The highest BCUT2D eigenvalue weighted by Gasteiger charge is 2.27. The summed E-state index contributed by atoms with van der Waals surface area (Å²) in [5.74, 6) is 0.285. The predicted octanol–water partition coefficient (Wildman–Crippen LogP) is 1.84. The summed E-state index contributed by atoms with van der Waals surface area (Å²) in [6, 6.07) is -0.188. The zero-order chi connectivity index (χ0) is 11.5.